The minimum atomic E-state index is -1.55. The number of rotatable bonds is 2. The highest BCUT2D eigenvalue weighted by molar-refractivity contribution is 5.73. The molecule has 2 N–H and O–H groups in total. The molecule has 4 nitrogen and oxygen atoms in total. The van der Waals surface area contributed by atoms with E-state index in [1.54, 1.807) is 13.0 Å². The smallest absolute Gasteiger partial charge is 0.340 e. The van der Waals surface area contributed by atoms with Gasteiger partial charge in [0.2, 0.25) is 6.10 Å². The van der Waals surface area contributed by atoms with Crippen LogP contribution in [0.5, 0.6) is 0 Å². The van der Waals surface area contributed by atoms with E-state index in [0.717, 1.165) is 0 Å². The molecule has 0 aliphatic heterocycles. The Kier molecular flexibility index (Phi) is 1.96. The van der Waals surface area contributed by atoms with E-state index in [-0.39, 0.29) is 5.76 Å². The molecule has 0 aromatic carbocycles. The molecule has 0 amide bonds. The summed E-state index contributed by atoms with van der Waals surface area (Å²) in [6.07, 6.45) is -1.55. The number of aliphatic hydroxyl groups excluding tert-OH is 1. The Bertz CT molecular complexity index is 263. The number of carboxylic acid groups (broad SMARTS) is 1. The Hall–Kier alpha value is -1.29. The summed E-state index contributed by atoms with van der Waals surface area (Å²) in [5.74, 6) is -0.658. The highest BCUT2D eigenvalue weighted by atomic mass is 16.4. The van der Waals surface area contributed by atoms with Gasteiger partial charge in [-0.2, -0.15) is 0 Å². The molecule has 1 atom stereocenters. The average molecular weight is 156 g/mol. The number of aryl methyl sites for hydroxylation is 1. The average Bonchev–Trinajstić information content (AvgIpc) is 2.34. The molecule has 0 aliphatic rings. The molecule has 0 saturated carbocycles. The lowest BCUT2D eigenvalue weighted by Crippen LogP contribution is -2.09. The third-order valence-electron chi connectivity index (χ3n) is 1.26. The largest absolute Gasteiger partial charge is 0.479 e. The maximum Gasteiger partial charge on any atom is 0.340 e. The van der Waals surface area contributed by atoms with Crippen LogP contribution in [0.3, 0.4) is 0 Å². The minimum absolute atomic E-state index is 0.0648. The normalized spacial score (nSPS) is 12.9. The number of carbonyl (C=O) groups is 1. The molecule has 4 heteroatoms. The molecule has 60 valence electrons. The first-order valence-electron chi connectivity index (χ1n) is 3.08. The van der Waals surface area contributed by atoms with Gasteiger partial charge in [-0.3, -0.25) is 0 Å². The van der Waals surface area contributed by atoms with Crippen molar-refractivity contribution >= 4 is 5.97 Å². The Balaban J connectivity index is 2.84. The highest BCUT2D eigenvalue weighted by Gasteiger charge is 2.18. The van der Waals surface area contributed by atoms with Gasteiger partial charge in [0.1, 0.15) is 11.5 Å². The molecule has 11 heavy (non-hydrogen) atoms. The first-order chi connectivity index (χ1) is 5.11. The molecule has 1 rings (SSSR count). The van der Waals surface area contributed by atoms with Crippen LogP contribution in [0.4, 0.5) is 0 Å². The van der Waals surface area contributed by atoms with Crippen LogP contribution in [0.25, 0.3) is 0 Å². The van der Waals surface area contributed by atoms with Crippen molar-refractivity contribution in [3.05, 3.63) is 23.7 Å². The second-order valence-electron chi connectivity index (χ2n) is 2.19. The van der Waals surface area contributed by atoms with E-state index in [0.29, 0.717) is 5.76 Å². The van der Waals surface area contributed by atoms with Crippen molar-refractivity contribution in [1.82, 2.24) is 0 Å². The van der Waals surface area contributed by atoms with Gasteiger partial charge in [-0.05, 0) is 19.1 Å². The third-order valence-corrected chi connectivity index (χ3v) is 1.26. The summed E-state index contributed by atoms with van der Waals surface area (Å²) in [5.41, 5.74) is 0. The summed E-state index contributed by atoms with van der Waals surface area (Å²) in [6, 6.07) is 3.04. The number of hydrogen-bond acceptors (Lipinski definition) is 3. The summed E-state index contributed by atoms with van der Waals surface area (Å²) in [5, 5.41) is 17.3. The topological polar surface area (TPSA) is 70.7 Å². The van der Waals surface area contributed by atoms with E-state index < -0.39 is 12.1 Å². The van der Waals surface area contributed by atoms with E-state index in [9.17, 15) is 4.79 Å². The lowest BCUT2D eigenvalue weighted by atomic mass is 10.3. The van der Waals surface area contributed by atoms with Crippen LogP contribution in [0, 0.1) is 6.92 Å². The standard InChI is InChI=1S/C7H8O4/c1-4-2-3-5(11-4)6(8)7(9)10/h2-3,6,8H,1H3,(H,9,10). The lowest BCUT2D eigenvalue weighted by molar-refractivity contribution is -0.147. The maximum absolute atomic E-state index is 10.2. The first kappa shape index (κ1) is 7.81. The molecular formula is C7H8O4. The van der Waals surface area contributed by atoms with Crippen LogP contribution in [0.1, 0.15) is 17.6 Å². The van der Waals surface area contributed by atoms with Crippen molar-refractivity contribution < 1.29 is 19.4 Å². The van der Waals surface area contributed by atoms with Gasteiger partial charge in [0.05, 0.1) is 0 Å². The van der Waals surface area contributed by atoms with Crippen LogP contribution in [0.2, 0.25) is 0 Å². The number of aliphatic carboxylic acids is 1. The van der Waals surface area contributed by atoms with Crippen molar-refractivity contribution in [3.8, 4) is 0 Å². The molecule has 0 radical (unpaired) electrons. The Morgan fingerprint density at radius 1 is 1.64 bits per heavy atom. The Morgan fingerprint density at radius 2 is 2.27 bits per heavy atom. The van der Waals surface area contributed by atoms with E-state index in [4.69, 9.17) is 14.6 Å². The highest BCUT2D eigenvalue weighted by Crippen LogP contribution is 2.15. The quantitative estimate of drug-likeness (QED) is 0.661. The minimum Gasteiger partial charge on any atom is -0.479 e. The molecule has 0 bridgehead atoms. The first-order valence-corrected chi connectivity index (χ1v) is 3.08. The molecule has 0 aliphatic carbocycles. The number of aliphatic hydroxyl groups is 1. The van der Waals surface area contributed by atoms with Gasteiger partial charge in [-0.1, -0.05) is 0 Å². The van der Waals surface area contributed by atoms with Crippen molar-refractivity contribution in [2.45, 2.75) is 13.0 Å². The summed E-state index contributed by atoms with van der Waals surface area (Å²) in [7, 11) is 0. The van der Waals surface area contributed by atoms with Gasteiger partial charge in [0.15, 0.2) is 0 Å². The number of furan rings is 1. The Labute approximate surface area is 63.1 Å². The van der Waals surface area contributed by atoms with Crippen LogP contribution >= 0.6 is 0 Å². The number of hydrogen-bond donors (Lipinski definition) is 2. The van der Waals surface area contributed by atoms with E-state index in [2.05, 4.69) is 0 Å². The SMILES string of the molecule is Cc1ccc(C(O)C(=O)O)o1. The van der Waals surface area contributed by atoms with E-state index in [1.807, 2.05) is 0 Å². The van der Waals surface area contributed by atoms with E-state index in [1.165, 1.54) is 6.07 Å². The second-order valence-corrected chi connectivity index (χ2v) is 2.19. The van der Waals surface area contributed by atoms with Crippen LogP contribution in [-0.4, -0.2) is 16.2 Å². The molecule has 1 aromatic heterocycles. The predicted molar refractivity (Wildman–Crippen MR) is 36.0 cm³/mol. The summed E-state index contributed by atoms with van der Waals surface area (Å²) in [4.78, 5) is 10.2. The van der Waals surface area contributed by atoms with Gasteiger partial charge >= 0.3 is 5.97 Å². The number of carboxylic acids is 1. The maximum atomic E-state index is 10.2. The molecule has 1 heterocycles. The molecule has 0 spiro atoms. The fourth-order valence-corrected chi connectivity index (χ4v) is 0.722. The van der Waals surface area contributed by atoms with Crippen molar-refractivity contribution in [2.24, 2.45) is 0 Å². The molecule has 1 aromatic rings. The van der Waals surface area contributed by atoms with Crippen molar-refractivity contribution in [3.63, 3.8) is 0 Å². The van der Waals surface area contributed by atoms with Gasteiger partial charge in [0, 0.05) is 0 Å². The van der Waals surface area contributed by atoms with Gasteiger partial charge in [-0.15, -0.1) is 0 Å². The van der Waals surface area contributed by atoms with E-state index >= 15 is 0 Å². The molecular weight excluding hydrogens is 148 g/mol. The van der Waals surface area contributed by atoms with Gasteiger partial charge in [0.25, 0.3) is 0 Å². The van der Waals surface area contributed by atoms with Crippen LogP contribution in [0.15, 0.2) is 16.5 Å². The van der Waals surface area contributed by atoms with Gasteiger partial charge in [-0.25, -0.2) is 4.79 Å². The zero-order valence-electron chi connectivity index (χ0n) is 5.94. The zero-order valence-corrected chi connectivity index (χ0v) is 5.94. The molecule has 1 unspecified atom stereocenters. The van der Waals surface area contributed by atoms with Crippen molar-refractivity contribution in [2.75, 3.05) is 0 Å². The predicted octanol–water partition coefficient (Wildman–Crippen LogP) is 0.706. The summed E-state index contributed by atoms with van der Waals surface area (Å²) >= 11 is 0. The zero-order chi connectivity index (χ0) is 8.43. The fraction of sp³-hybridized carbons (Fsp3) is 0.286. The fourth-order valence-electron chi connectivity index (χ4n) is 0.722. The molecule has 0 saturated heterocycles. The summed E-state index contributed by atoms with van der Waals surface area (Å²) < 4.78 is 4.88. The third kappa shape index (κ3) is 1.59. The Morgan fingerprint density at radius 3 is 2.64 bits per heavy atom. The van der Waals surface area contributed by atoms with Gasteiger partial charge < -0.3 is 14.6 Å². The monoisotopic (exact) mass is 156 g/mol. The van der Waals surface area contributed by atoms with Crippen molar-refractivity contribution in [1.29, 1.82) is 0 Å². The van der Waals surface area contributed by atoms with Crippen LogP contribution < -0.4 is 0 Å². The lowest BCUT2D eigenvalue weighted by Gasteiger charge is -1.98. The summed E-state index contributed by atoms with van der Waals surface area (Å²) in [6.45, 7) is 1.68. The molecule has 0 fully saturated rings. The second kappa shape index (κ2) is 2.75. The van der Waals surface area contributed by atoms with Crippen LogP contribution in [-0.2, 0) is 4.79 Å².